The highest BCUT2D eigenvalue weighted by Crippen LogP contribution is 2.27. The molecule has 1 aliphatic carbocycles. The molecule has 2 atom stereocenters. The van der Waals surface area contributed by atoms with E-state index in [1.165, 1.54) is 25.7 Å². The van der Waals surface area contributed by atoms with Gasteiger partial charge in [-0.15, -0.1) is 0 Å². The number of fused-ring (bicyclic) bond motifs is 1. The molecule has 8 heteroatoms. The topological polar surface area (TPSA) is 85.2 Å². The molecule has 2 aliphatic rings. The van der Waals surface area contributed by atoms with Crippen LogP contribution in [0, 0.1) is 5.92 Å². The molecule has 8 nitrogen and oxygen atoms in total. The first-order chi connectivity index (χ1) is 13.6. The normalized spacial score (nSPS) is 23.4. The second kappa shape index (κ2) is 8.43. The zero-order chi connectivity index (χ0) is 19.5. The molecule has 0 bridgehead atoms. The average molecular weight is 387 g/mol. The monoisotopic (exact) mass is 386 g/mol. The smallest absolute Gasteiger partial charge is 0.220 e. The van der Waals surface area contributed by atoms with Crippen LogP contribution in [-0.2, 0) is 16.1 Å². The number of carbonyl (C=O) groups excluding carboxylic acids is 1. The number of rotatable bonds is 6. The first-order valence-electron chi connectivity index (χ1n) is 10.4. The maximum absolute atomic E-state index is 12.1. The van der Waals surface area contributed by atoms with Gasteiger partial charge >= 0.3 is 0 Å². The second-order valence-corrected chi connectivity index (χ2v) is 8.17. The summed E-state index contributed by atoms with van der Waals surface area (Å²) >= 11 is 0. The Labute approximate surface area is 165 Å². The van der Waals surface area contributed by atoms with Crippen molar-refractivity contribution >= 4 is 22.8 Å². The van der Waals surface area contributed by atoms with Crippen molar-refractivity contribution in [1.82, 2.24) is 25.1 Å². The summed E-state index contributed by atoms with van der Waals surface area (Å²) in [4.78, 5) is 23.3. The number of amides is 1. The lowest BCUT2D eigenvalue weighted by molar-refractivity contribution is -0.122. The average Bonchev–Trinajstić information content (AvgIpc) is 3.31. The number of aromatic nitrogens is 4. The Hall–Kier alpha value is -2.22. The number of carbonyl (C=O) groups is 1. The van der Waals surface area contributed by atoms with Crippen molar-refractivity contribution in [3.8, 4) is 0 Å². The van der Waals surface area contributed by atoms with Crippen molar-refractivity contribution in [2.45, 2.75) is 64.7 Å². The van der Waals surface area contributed by atoms with E-state index in [1.54, 1.807) is 6.33 Å². The highest BCUT2D eigenvalue weighted by atomic mass is 16.5. The van der Waals surface area contributed by atoms with E-state index in [9.17, 15) is 4.79 Å². The van der Waals surface area contributed by atoms with Gasteiger partial charge in [0.2, 0.25) is 5.91 Å². The van der Waals surface area contributed by atoms with Crippen molar-refractivity contribution < 1.29 is 9.53 Å². The first kappa shape index (κ1) is 19.1. The van der Waals surface area contributed by atoms with Gasteiger partial charge in [0.25, 0.3) is 0 Å². The van der Waals surface area contributed by atoms with Crippen molar-refractivity contribution in [3.05, 3.63) is 12.5 Å². The zero-order valence-electron chi connectivity index (χ0n) is 16.8. The Morgan fingerprint density at radius 1 is 1.21 bits per heavy atom. The fourth-order valence-corrected chi connectivity index (χ4v) is 4.50. The van der Waals surface area contributed by atoms with Gasteiger partial charge in [0, 0.05) is 26.1 Å². The summed E-state index contributed by atoms with van der Waals surface area (Å²) in [5, 5.41) is 8.47. The number of anilines is 1. The molecule has 2 unspecified atom stereocenters. The predicted octanol–water partition coefficient (Wildman–Crippen LogP) is 2.14. The van der Waals surface area contributed by atoms with Crippen LogP contribution >= 0.6 is 0 Å². The van der Waals surface area contributed by atoms with Crippen LogP contribution in [0.1, 0.15) is 46.0 Å². The van der Waals surface area contributed by atoms with E-state index < -0.39 is 0 Å². The fourth-order valence-electron chi connectivity index (χ4n) is 4.50. The third-order valence-corrected chi connectivity index (χ3v) is 5.73. The molecule has 1 amide bonds. The van der Waals surface area contributed by atoms with Crippen LogP contribution in [0.4, 0.5) is 5.82 Å². The Morgan fingerprint density at radius 3 is 2.71 bits per heavy atom. The molecule has 2 aromatic heterocycles. The molecule has 0 spiro atoms. The molecule has 1 saturated heterocycles. The van der Waals surface area contributed by atoms with E-state index in [2.05, 4.69) is 39.1 Å². The second-order valence-electron chi connectivity index (χ2n) is 8.17. The number of nitrogens with zero attached hydrogens (tertiary/aromatic N) is 5. The Morgan fingerprint density at radius 2 is 1.96 bits per heavy atom. The van der Waals surface area contributed by atoms with Crippen LogP contribution < -0.4 is 10.2 Å². The van der Waals surface area contributed by atoms with Gasteiger partial charge < -0.3 is 15.0 Å². The SMILES string of the molecule is CC1CN(c2ncnc3c2cnn3CCNC(=O)CC2CCCC2)CC(C)O1. The van der Waals surface area contributed by atoms with Crippen molar-refractivity contribution in [2.75, 3.05) is 24.5 Å². The van der Waals surface area contributed by atoms with Crippen LogP contribution in [0.15, 0.2) is 12.5 Å². The van der Waals surface area contributed by atoms with Crippen LogP contribution in [0.5, 0.6) is 0 Å². The van der Waals surface area contributed by atoms with Crippen LogP contribution in [0.25, 0.3) is 11.0 Å². The van der Waals surface area contributed by atoms with Gasteiger partial charge in [0.15, 0.2) is 5.65 Å². The molecular formula is C20H30N6O2. The number of ether oxygens (including phenoxy) is 1. The first-order valence-corrected chi connectivity index (χ1v) is 10.4. The molecule has 1 saturated carbocycles. The molecule has 1 aliphatic heterocycles. The van der Waals surface area contributed by atoms with Crippen LogP contribution in [-0.4, -0.2) is 57.5 Å². The summed E-state index contributed by atoms with van der Waals surface area (Å²) in [5.74, 6) is 1.62. The van der Waals surface area contributed by atoms with Gasteiger partial charge in [-0.3, -0.25) is 4.79 Å². The molecule has 4 rings (SSSR count). The van der Waals surface area contributed by atoms with E-state index in [1.807, 2.05) is 10.9 Å². The summed E-state index contributed by atoms with van der Waals surface area (Å²) in [5.41, 5.74) is 0.807. The fraction of sp³-hybridized carbons (Fsp3) is 0.700. The largest absolute Gasteiger partial charge is 0.372 e. The third kappa shape index (κ3) is 4.27. The predicted molar refractivity (Wildman–Crippen MR) is 107 cm³/mol. The minimum Gasteiger partial charge on any atom is -0.372 e. The van der Waals surface area contributed by atoms with Gasteiger partial charge in [-0.25, -0.2) is 14.6 Å². The van der Waals surface area contributed by atoms with E-state index in [0.29, 0.717) is 25.4 Å². The Balaban J connectivity index is 1.39. The summed E-state index contributed by atoms with van der Waals surface area (Å²) in [6.07, 6.45) is 9.32. The third-order valence-electron chi connectivity index (χ3n) is 5.73. The molecule has 1 N–H and O–H groups in total. The van der Waals surface area contributed by atoms with E-state index in [4.69, 9.17) is 4.74 Å². The zero-order valence-corrected chi connectivity index (χ0v) is 16.8. The lowest BCUT2D eigenvalue weighted by Crippen LogP contribution is -2.45. The van der Waals surface area contributed by atoms with E-state index >= 15 is 0 Å². The Bertz CT molecular complexity index is 806. The minimum atomic E-state index is 0.148. The summed E-state index contributed by atoms with van der Waals surface area (Å²) in [6.45, 7) is 6.94. The summed E-state index contributed by atoms with van der Waals surface area (Å²) in [6, 6.07) is 0. The molecule has 3 heterocycles. The minimum absolute atomic E-state index is 0.148. The quantitative estimate of drug-likeness (QED) is 0.819. The molecule has 2 fully saturated rings. The van der Waals surface area contributed by atoms with Gasteiger partial charge in [0.05, 0.1) is 30.3 Å². The Kier molecular flexibility index (Phi) is 5.75. The van der Waals surface area contributed by atoms with E-state index in [-0.39, 0.29) is 18.1 Å². The standard InChI is InChI=1S/C20H30N6O2/c1-14-11-25(12-15(2)28-14)19-17-10-24-26(20(17)23-13-22-19)8-7-21-18(27)9-16-5-3-4-6-16/h10,13-16H,3-9,11-12H2,1-2H3,(H,21,27). The molecule has 152 valence electrons. The summed E-state index contributed by atoms with van der Waals surface area (Å²) < 4.78 is 7.68. The van der Waals surface area contributed by atoms with Crippen molar-refractivity contribution in [1.29, 1.82) is 0 Å². The molecule has 0 aromatic carbocycles. The number of hydrogen-bond acceptors (Lipinski definition) is 6. The maximum Gasteiger partial charge on any atom is 0.220 e. The number of hydrogen-bond donors (Lipinski definition) is 1. The van der Waals surface area contributed by atoms with Gasteiger partial charge in [-0.05, 0) is 32.6 Å². The molecule has 0 radical (unpaired) electrons. The van der Waals surface area contributed by atoms with Crippen LogP contribution in [0.2, 0.25) is 0 Å². The summed E-state index contributed by atoms with van der Waals surface area (Å²) in [7, 11) is 0. The highest BCUT2D eigenvalue weighted by Gasteiger charge is 2.25. The number of morpholine rings is 1. The van der Waals surface area contributed by atoms with Gasteiger partial charge in [-0.2, -0.15) is 5.10 Å². The highest BCUT2D eigenvalue weighted by molar-refractivity contribution is 5.86. The van der Waals surface area contributed by atoms with Crippen LogP contribution in [0.3, 0.4) is 0 Å². The van der Waals surface area contributed by atoms with Crippen molar-refractivity contribution in [2.24, 2.45) is 5.92 Å². The van der Waals surface area contributed by atoms with Gasteiger partial charge in [-0.1, -0.05) is 12.8 Å². The number of nitrogens with one attached hydrogen (secondary N) is 1. The molecule has 28 heavy (non-hydrogen) atoms. The maximum atomic E-state index is 12.1. The lowest BCUT2D eigenvalue weighted by Gasteiger charge is -2.36. The van der Waals surface area contributed by atoms with Gasteiger partial charge in [0.1, 0.15) is 12.1 Å². The molecular weight excluding hydrogens is 356 g/mol. The van der Waals surface area contributed by atoms with E-state index in [0.717, 1.165) is 29.9 Å². The lowest BCUT2D eigenvalue weighted by atomic mass is 10.0. The molecule has 2 aromatic rings. The van der Waals surface area contributed by atoms with Crippen molar-refractivity contribution in [3.63, 3.8) is 0 Å².